The van der Waals surface area contributed by atoms with Crippen LogP contribution >= 0.6 is 0 Å². The number of halogens is 2. The Labute approximate surface area is 209 Å². The van der Waals surface area contributed by atoms with Crippen LogP contribution in [0.3, 0.4) is 0 Å². The zero-order valence-electron chi connectivity index (χ0n) is 20.6. The fourth-order valence-electron chi connectivity index (χ4n) is 5.17. The van der Waals surface area contributed by atoms with Crippen molar-refractivity contribution in [1.82, 2.24) is 15.7 Å². The first-order chi connectivity index (χ1) is 17.2. The van der Waals surface area contributed by atoms with Gasteiger partial charge in [0.1, 0.15) is 11.6 Å². The predicted molar refractivity (Wildman–Crippen MR) is 130 cm³/mol. The molecule has 2 aromatic carbocycles. The van der Waals surface area contributed by atoms with Crippen molar-refractivity contribution in [2.75, 3.05) is 19.6 Å². The Balaban J connectivity index is 1.74. The van der Waals surface area contributed by atoms with Crippen molar-refractivity contribution < 1.29 is 28.4 Å². The van der Waals surface area contributed by atoms with Gasteiger partial charge in [-0.1, -0.05) is 32.0 Å². The van der Waals surface area contributed by atoms with Gasteiger partial charge in [0.15, 0.2) is 0 Å². The van der Waals surface area contributed by atoms with Gasteiger partial charge in [-0.3, -0.25) is 19.6 Å². The Morgan fingerprint density at radius 2 is 1.83 bits per heavy atom. The first-order valence-corrected chi connectivity index (χ1v) is 12.2. The highest BCUT2D eigenvalue weighted by molar-refractivity contribution is 5.94. The molecule has 0 saturated carbocycles. The molecule has 0 aromatic heterocycles. The maximum atomic E-state index is 13.7. The summed E-state index contributed by atoms with van der Waals surface area (Å²) < 4.78 is 26.7. The normalized spacial score (nSPS) is 18.4. The molecule has 2 unspecified atom stereocenters. The Morgan fingerprint density at radius 3 is 2.47 bits per heavy atom. The van der Waals surface area contributed by atoms with Gasteiger partial charge in [-0.05, 0) is 67.5 Å². The molecular formula is C27H33F2N3O4. The maximum Gasteiger partial charge on any atom is 0.251 e. The summed E-state index contributed by atoms with van der Waals surface area (Å²) in [6.45, 7) is 4.88. The van der Waals surface area contributed by atoms with E-state index in [4.69, 9.17) is 0 Å². The Morgan fingerprint density at radius 1 is 1.11 bits per heavy atom. The van der Waals surface area contributed by atoms with E-state index in [1.807, 2.05) is 13.8 Å². The number of benzene rings is 2. The van der Waals surface area contributed by atoms with Crippen LogP contribution in [0.15, 0.2) is 48.5 Å². The number of hydroxylamine groups is 1. The zero-order chi connectivity index (χ0) is 26.3. The highest BCUT2D eigenvalue weighted by Crippen LogP contribution is 2.46. The minimum Gasteiger partial charge on any atom is -0.352 e. The van der Waals surface area contributed by atoms with E-state index in [1.54, 1.807) is 22.5 Å². The van der Waals surface area contributed by atoms with Gasteiger partial charge in [-0.25, -0.2) is 14.3 Å². The van der Waals surface area contributed by atoms with E-state index in [2.05, 4.69) is 5.32 Å². The third kappa shape index (κ3) is 6.46. The molecule has 0 spiro atoms. The second kappa shape index (κ2) is 12.1. The van der Waals surface area contributed by atoms with Crippen LogP contribution in [0, 0.1) is 28.9 Å². The molecule has 1 aliphatic rings. The van der Waals surface area contributed by atoms with Crippen LogP contribution in [-0.4, -0.2) is 47.5 Å². The minimum atomic E-state index is -1.03. The molecule has 0 aliphatic carbocycles. The van der Waals surface area contributed by atoms with Crippen LogP contribution in [0.2, 0.25) is 0 Å². The van der Waals surface area contributed by atoms with Crippen molar-refractivity contribution in [3.05, 3.63) is 71.3 Å². The SMILES string of the molecule is CC(C)CC1(C(CCNC(=O)c2cccc(F)c2)C(=O)NO)CCN(CCc2ccc(F)cc2)C1=O. The van der Waals surface area contributed by atoms with Gasteiger partial charge in [-0.15, -0.1) is 0 Å². The van der Waals surface area contributed by atoms with Gasteiger partial charge >= 0.3 is 0 Å². The monoisotopic (exact) mass is 501 g/mol. The average Bonchev–Trinajstić information content (AvgIpc) is 3.15. The second-order valence-electron chi connectivity index (χ2n) is 9.76. The van der Waals surface area contributed by atoms with E-state index in [0.29, 0.717) is 32.4 Å². The van der Waals surface area contributed by atoms with Crippen LogP contribution in [0.5, 0.6) is 0 Å². The van der Waals surface area contributed by atoms with Crippen LogP contribution < -0.4 is 10.8 Å². The number of likely N-dealkylation sites (tertiary alicyclic amines) is 1. The van der Waals surface area contributed by atoms with Crippen molar-refractivity contribution in [2.45, 2.75) is 39.5 Å². The fraction of sp³-hybridized carbons (Fsp3) is 0.444. The smallest absolute Gasteiger partial charge is 0.251 e. The van der Waals surface area contributed by atoms with Crippen LogP contribution in [0.4, 0.5) is 8.78 Å². The molecule has 7 nitrogen and oxygen atoms in total. The summed E-state index contributed by atoms with van der Waals surface area (Å²) in [5.41, 5.74) is 1.72. The number of carbonyl (C=O) groups excluding carboxylic acids is 3. The molecule has 0 bridgehead atoms. The molecule has 3 N–H and O–H groups in total. The lowest BCUT2D eigenvalue weighted by atomic mass is 9.67. The van der Waals surface area contributed by atoms with E-state index in [-0.39, 0.29) is 36.2 Å². The molecule has 194 valence electrons. The molecule has 3 amide bonds. The second-order valence-corrected chi connectivity index (χ2v) is 9.76. The van der Waals surface area contributed by atoms with Crippen molar-refractivity contribution in [3.63, 3.8) is 0 Å². The average molecular weight is 502 g/mol. The topological polar surface area (TPSA) is 98.7 Å². The highest BCUT2D eigenvalue weighted by atomic mass is 19.1. The van der Waals surface area contributed by atoms with Gasteiger partial charge in [0.2, 0.25) is 11.8 Å². The van der Waals surface area contributed by atoms with E-state index in [1.165, 1.54) is 30.3 Å². The zero-order valence-corrected chi connectivity index (χ0v) is 20.6. The standard InChI is InChI=1S/C27H33F2N3O4/c1-18(2)17-27(12-15-32(26(27)35)14-11-19-6-8-21(28)9-7-19)23(25(34)31-36)10-13-30-24(33)20-4-3-5-22(29)16-20/h3-9,16,18,23,36H,10-15,17H2,1-2H3,(H,30,33)(H,31,34). The lowest BCUT2D eigenvalue weighted by molar-refractivity contribution is -0.149. The van der Waals surface area contributed by atoms with Gasteiger partial charge in [0.05, 0.1) is 11.3 Å². The molecule has 1 aliphatic heterocycles. The summed E-state index contributed by atoms with van der Waals surface area (Å²) >= 11 is 0. The molecule has 1 heterocycles. The molecule has 0 radical (unpaired) electrons. The number of nitrogens with one attached hydrogen (secondary N) is 2. The summed E-state index contributed by atoms with van der Waals surface area (Å²) in [5, 5.41) is 12.2. The Bertz CT molecular complexity index is 1080. The lowest BCUT2D eigenvalue weighted by Gasteiger charge is -2.36. The summed E-state index contributed by atoms with van der Waals surface area (Å²) in [6.07, 6.45) is 1.54. The maximum absolute atomic E-state index is 13.7. The highest BCUT2D eigenvalue weighted by Gasteiger charge is 2.54. The van der Waals surface area contributed by atoms with E-state index in [0.717, 1.165) is 11.6 Å². The van der Waals surface area contributed by atoms with Gasteiger partial charge in [0, 0.05) is 25.2 Å². The lowest BCUT2D eigenvalue weighted by Crippen LogP contribution is -2.48. The molecule has 1 saturated heterocycles. The van der Waals surface area contributed by atoms with Gasteiger partial charge in [-0.2, -0.15) is 0 Å². The summed E-state index contributed by atoms with van der Waals surface area (Å²) in [4.78, 5) is 40.7. The molecule has 3 rings (SSSR count). The Kier molecular flexibility index (Phi) is 9.14. The van der Waals surface area contributed by atoms with Crippen molar-refractivity contribution in [3.8, 4) is 0 Å². The molecule has 1 fully saturated rings. The third-order valence-corrected chi connectivity index (χ3v) is 6.80. The number of hydrogen-bond acceptors (Lipinski definition) is 4. The molecule has 9 heteroatoms. The predicted octanol–water partition coefficient (Wildman–Crippen LogP) is 3.71. The largest absolute Gasteiger partial charge is 0.352 e. The summed E-state index contributed by atoms with van der Waals surface area (Å²) in [7, 11) is 0. The van der Waals surface area contributed by atoms with E-state index >= 15 is 0 Å². The van der Waals surface area contributed by atoms with Gasteiger partial charge < -0.3 is 10.2 Å². The first kappa shape index (κ1) is 27.3. The molecule has 2 aromatic rings. The van der Waals surface area contributed by atoms with Crippen LogP contribution in [0.25, 0.3) is 0 Å². The summed E-state index contributed by atoms with van der Waals surface area (Å²) in [5.74, 6) is -2.97. The number of rotatable bonds is 11. The fourth-order valence-corrected chi connectivity index (χ4v) is 5.17. The summed E-state index contributed by atoms with van der Waals surface area (Å²) in [6, 6.07) is 11.4. The van der Waals surface area contributed by atoms with Crippen LogP contribution in [-0.2, 0) is 16.0 Å². The molecule has 36 heavy (non-hydrogen) atoms. The number of amides is 3. The quantitative estimate of drug-likeness (QED) is 0.323. The first-order valence-electron chi connectivity index (χ1n) is 12.2. The van der Waals surface area contributed by atoms with Gasteiger partial charge in [0.25, 0.3) is 5.91 Å². The van der Waals surface area contributed by atoms with Crippen LogP contribution in [0.1, 0.15) is 49.0 Å². The van der Waals surface area contributed by atoms with E-state index < -0.39 is 29.0 Å². The van der Waals surface area contributed by atoms with E-state index in [9.17, 15) is 28.4 Å². The molecular weight excluding hydrogens is 468 g/mol. The number of hydrogen-bond donors (Lipinski definition) is 3. The van der Waals surface area contributed by atoms with Crippen molar-refractivity contribution >= 4 is 17.7 Å². The Hall–Kier alpha value is -3.33. The minimum absolute atomic E-state index is 0.0656. The third-order valence-electron chi connectivity index (χ3n) is 6.80. The number of carbonyl (C=O) groups is 3. The molecule has 2 atom stereocenters. The number of nitrogens with zero attached hydrogens (tertiary/aromatic N) is 1. The van der Waals surface area contributed by atoms with Crippen molar-refractivity contribution in [1.29, 1.82) is 0 Å². The van der Waals surface area contributed by atoms with Crippen molar-refractivity contribution in [2.24, 2.45) is 17.3 Å².